The van der Waals surface area contributed by atoms with Gasteiger partial charge in [0.25, 0.3) is 0 Å². The summed E-state index contributed by atoms with van der Waals surface area (Å²) in [7, 11) is 0. The molecule has 0 radical (unpaired) electrons. The Labute approximate surface area is 128 Å². The van der Waals surface area contributed by atoms with Crippen molar-refractivity contribution in [2.24, 2.45) is 0 Å². The van der Waals surface area contributed by atoms with E-state index < -0.39 is 18.0 Å². The molecule has 116 valence electrons. The summed E-state index contributed by atoms with van der Waals surface area (Å²) in [6, 6.07) is 2.45. The van der Waals surface area contributed by atoms with E-state index in [2.05, 4.69) is 15.6 Å². The Hall–Kier alpha value is -1.76. The Balaban J connectivity index is 2.50. The number of aryl methyl sites for hydroxylation is 1. The summed E-state index contributed by atoms with van der Waals surface area (Å²) in [5.41, 5.74) is 1.86. The van der Waals surface area contributed by atoms with Gasteiger partial charge in [0, 0.05) is 6.20 Å². The largest absolute Gasteiger partial charge is 0.480 e. The van der Waals surface area contributed by atoms with Crippen molar-refractivity contribution in [2.75, 3.05) is 12.0 Å². The SMILES string of the molecule is CCc1cccnc1CNC(=O)NC(CCSC)C(=O)O. The van der Waals surface area contributed by atoms with Gasteiger partial charge in [0.05, 0.1) is 12.2 Å². The van der Waals surface area contributed by atoms with Crippen molar-refractivity contribution in [2.45, 2.75) is 32.4 Å². The number of thioether (sulfide) groups is 1. The van der Waals surface area contributed by atoms with Gasteiger partial charge in [0.2, 0.25) is 0 Å². The highest BCUT2D eigenvalue weighted by atomic mass is 32.2. The lowest BCUT2D eigenvalue weighted by molar-refractivity contribution is -0.139. The molecule has 1 unspecified atom stereocenters. The number of nitrogens with one attached hydrogen (secondary N) is 2. The monoisotopic (exact) mass is 311 g/mol. The van der Waals surface area contributed by atoms with Crippen LogP contribution in [-0.4, -0.2) is 40.1 Å². The molecule has 1 atom stereocenters. The van der Waals surface area contributed by atoms with E-state index in [4.69, 9.17) is 5.11 Å². The van der Waals surface area contributed by atoms with E-state index in [1.54, 1.807) is 18.0 Å². The van der Waals surface area contributed by atoms with Gasteiger partial charge in [0.1, 0.15) is 6.04 Å². The number of carboxylic acids is 1. The van der Waals surface area contributed by atoms with Gasteiger partial charge >= 0.3 is 12.0 Å². The second-order valence-corrected chi connectivity index (χ2v) is 5.45. The molecule has 0 bridgehead atoms. The zero-order valence-electron chi connectivity index (χ0n) is 12.3. The lowest BCUT2D eigenvalue weighted by atomic mass is 10.1. The third kappa shape index (κ3) is 6.03. The van der Waals surface area contributed by atoms with Gasteiger partial charge < -0.3 is 15.7 Å². The predicted octanol–water partition coefficient (Wildman–Crippen LogP) is 1.65. The molecule has 0 aliphatic carbocycles. The number of carbonyl (C=O) groups excluding carboxylic acids is 1. The van der Waals surface area contributed by atoms with Crippen molar-refractivity contribution < 1.29 is 14.7 Å². The van der Waals surface area contributed by atoms with Crippen LogP contribution >= 0.6 is 11.8 Å². The van der Waals surface area contributed by atoms with E-state index in [1.807, 2.05) is 25.3 Å². The third-order valence-corrected chi connectivity index (χ3v) is 3.64. The normalized spacial score (nSPS) is 11.7. The molecule has 6 nitrogen and oxygen atoms in total. The lowest BCUT2D eigenvalue weighted by Crippen LogP contribution is -2.46. The van der Waals surface area contributed by atoms with Gasteiger partial charge in [-0.05, 0) is 36.5 Å². The van der Waals surface area contributed by atoms with Crippen LogP contribution in [0.1, 0.15) is 24.6 Å². The van der Waals surface area contributed by atoms with Crippen molar-refractivity contribution in [3.8, 4) is 0 Å². The molecule has 7 heteroatoms. The first-order valence-corrected chi connectivity index (χ1v) is 8.16. The Bertz CT molecular complexity index is 482. The number of carbonyl (C=O) groups is 2. The van der Waals surface area contributed by atoms with Gasteiger partial charge in [-0.1, -0.05) is 13.0 Å². The Morgan fingerprint density at radius 2 is 2.24 bits per heavy atom. The molecule has 1 rings (SSSR count). The fraction of sp³-hybridized carbons (Fsp3) is 0.500. The number of hydrogen-bond acceptors (Lipinski definition) is 4. The average Bonchev–Trinajstić information content (AvgIpc) is 2.49. The fourth-order valence-electron chi connectivity index (χ4n) is 1.82. The topological polar surface area (TPSA) is 91.3 Å². The number of carboxylic acid groups (broad SMARTS) is 1. The third-order valence-electron chi connectivity index (χ3n) is 3.00. The number of aromatic nitrogens is 1. The van der Waals surface area contributed by atoms with E-state index in [0.29, 0.717) is 12.2 Å². The lowest BCUT2D eigenvalue weighted by Gasteiger charge is -2.15. The number of nitrogens with zero attached hydrogens (tertiary/aromatic N) is 1. The first kappa shape index (κ1) is 17.3. The second-order valence-electron chi connectivity index (χ2n) is 4.46. The molecule has 3 N–H and O–H groups in total. The highest BCUT2D eigenvalue weighted by Gasteiger charge is 2.19. The Morgan fingerprint density at radius 1 is 1.48 bits per heavy atom. The molecule has 1 aromatic rings. The van der Waals surface area contributed by atoms with E-state index in [9.17, 15) is 9.59 Å². The smallest absolute Gasteiger partial charge is 0.326 e. The van der Waals surface area contributed by atoms with Gasteiger partial charge in [-0.2, -0.15) is 11.8 Å². The number of urea groups is 1. The molecular weight excluding hydrogens is 290 g/mol. The minimum absolute atomic E-state index is 0.282. The highest BCUT2D eigenvalue weighted by molar-refractivity contribution is 7.98. The van der Waals surface area contributed by atoms with Gasteiger partial charge in [0.15, 0.2) is 0 Å². The molecule has 0 aliphatic rings. The van der Waals surface area contributed by atoms with Crippen LogP contribution in [0.3, 0.4) is 0 Å². The summed E-state index contributed by atoms with van der Waals surface area (Å²) in [5.74, 6) is -0.344. The first-order chi connectivity index (χ1) is 10.1. The minimum Gasteiger partial charge on any atom is -0.480 e. The predicted molar refractivity (Wildman–Crippen MR) is 83.4 cm³/mol. The van der Waals surface area contributed by atoms with Crippen molar-refractivity contribution in [1.29, 1.82) is 0 Å². The second kappa shape index (κ2) is 9.23. The van der Waals surface area contributed by atoms with Crippen LogP contribution in [0.5, 0.6) is 0 Å². The van der Waals surface area contributed by atoms with Crippen molar-refractivity contribution in [3.05, 3.63) is 29.6 Å². The molecule has 0 aromatic carbocycles. The number of aliphatic carboxylic acids is 1. The molecule has 0 fully saturated rings. The standard InChI is InChI=1S/C14H21N3O3S/c1-3-10-5-4-7-15-12(10)9-16-14(20)17-11(13(18)19)6-8-21-2/h4-5,7,11H,3,6,8-9H2,1-2H3,(H,18,19)(H2,16,17,20). The summed E-state index contributed by atoms with van der Waals surface area (Å²) in [4.78, 5) is 27.0. The van der Waals surface area contributed by atoms with Crippen LogP contribution in [0.15, 0.2) is 18.3 Å². The zero-order chi connectivity index (χ0) is 15.7. The van der Waals surface area contributed by atoms with Gasteiger partial charge in [-0.15, -0.1) is 0 Å². The number of hydrogen-bond donors (Lipinski definition) is 3. The highest BCUT2D eigenvalue weighted by Crippen LogP contribution is 2.05. The molecule has 1 aromatic heterocycles. The van der Waals surface area contributed by atoms with Crippen LogP contribution in [0.4, 0.5) is 4.79 Å². The van der Waals surface area contributed by atoms with E-state index >= 15 is 0 Å². The summed E-state index contributed by atoms with van der Waals surface area (Å²) in [6.45, 7) is 2.30. The maximum Gasteiger partial charge on any atom is 0.326 e. The quantitative estimate of drug-likeness (QED) is 0.679. The van der Waals surface area contributed by atoms with E-state index in [1.165, 1.54) is 0 Å². The van der Waals surface area contributed by atoms with Gasteiger partial charge in [-0.25, -0.2) is 9.59 Å². The maximum atomic E-state index is 11.8. The van der Waals surface area contributed by atoms with Crippen molar-refractivity contribution in [1.82, 2.24) is 15.6 Å². The van der Waals surface area contributed by atoms with Crippen LogP contribution < -0.4 is 10.6 Å². The summed E-state index contributed by atoms with van der Waals surface area (Å²) >= 11 is 1.54. The molecule has 21 heavy (non-hydrogen) atoms. The molecule has 1 heterocycles. The van der Waals surface area contributed by atoms with Crippen LogP contribution in [0.25, 0.3) is 0 Å². The summed E-state index contributed by atoms with van der Waals surface area (Å²) < 4.78 is 0. The Kier molecular flexibility index (Phi) is 7.60. The molecule has 0 saturated carbocycles. The van der Waals surface area contributed by atoms with Crippen LogP contribution in [0, 0.1) is 0 Å². The first-order valence-electron chi connectivity index (χ1n) is 6.77. The zero-order valence-corrected chi connectivity index (χ0v) is 13.1. The summed E-state index contributed by atoms with van der Waals surface area (Å²) in [6.07, 6.45) is 4.80. The number of rotatable bonds is 8. The molecular formula is C14H21N3O3S. The van der Waals surface area contributed by atoms with Gasteiger partial charge in [-0.3, -0.25) is 4.98 Å². The maximum absolute atomic E-state index is 11.8. The molecule has 0 aliphatic heterocycles. The van der Waals surface area contributed by atoms with Crippen molar-refractivity contribution in [3.63, 3.8) is 0 Å². The minimum atomic E-state index is -1.02. The number of pyridine rings is 1. The van der Waals surface area contributed by atoms with E-state index in [-0.39, 0.29) is 6.54 Å². The van der Waals surface area contributed by atoms with Crippen LogP contribution in [-0.2, 0) is 17.8 Å². The number of amides is 2. The average molecular weight is 311 g/mol. The summed E-state index contributed by atoms with van der Waals surface area (Å²) in [5, 5.41) is 14.2. The molecule has 2 amide bonds. The molecule has 0 spiro atoms. The van der Waals surface area contributed by atoms with E-state index in [0.717, 1.165) is 17.7 Å². The fourth-order valence-corrected chi connectivity index (χ4v) is 2.29. The van der Waals surface area contributed by atoms with Crippen molar-refractivity contribution >= 4 is 23.8 Å². The van der Waals surface area contributed by atoms with Crippen LogP contribution in [0.2, 0.25) is 0 Å². The molecule has 0 saturated heterocycles. The Morgan fingerprint density at radius 3 is 2.86 bits per heavy atom.